The predicted octanol–water partition coefficient (Wildman–Crippen LogP) is 0.316. The maximum Gasteiger partial charge on any atom is 0.387 e. The summed E-state index contributed by atoms with van der Waals surface area (Å²) in [5.41, 5.74) is 0.0626. The zero-order chi connectivity index (χ0) is 18.1. The van der Waals surface area contributed by atoms with Gasteiger partial charge in [-0.15, -0.1) is 0 Å². The van der Waals surface area contributed by atoms with Crippen LogP contribution >= 0.6 is 0 Å². The van der Waals surface area contributed by atoms with E-state index in [1.165, 1.54) is 26.3 Å². The van der Waals surface area contributed by atoms with E-state index >= 15 is 0 Å². The van der Waals surface area contributed by atoms with Crippen molar-refractivity contribution in [1.29, 1.82) is 0 Å². The number of esters is 1. The van der Waals surface area contributed by atoms with Gasteiger partial charge in [-0.1, -0.05) is 0 Å². The Labute approximate surface area is 136 Å². The maximum absolute atomic E-state index is 12.2. The number of carbonyl (C=O) groups is 3. The lowest BCUT2D eigenvalue weighted by atomic mass is 10.2. The van der Waals surface area contributed by atoms with Crippen molar-refractivity contribution < 1.29 is 37.4 Å². The molecular formula is C14H16F2N2O6. The molecule has 0 saturated heterocycles. The highest BCUT2D eigenvalue weighted by Crippen LogP contribution is 2.29. The van der Waals surface area contributed by atoms with E-state index in [9.17, 15) is 23.2 Å². The van der Waals surface area contributed by atoms with Gasteiger partial charge in [-0.2, -0.15) is 8.78 Å². The summed E-state index contributed by atoms with van der Waals surface area (Å²) in [5.74, 6) is -2.25. The predicted molar refractivity (Wildman–Crippen MR) is 77.0 cm³/mol. The molecule has 1 aromatic carbocycles. The fraction of sp³-hybridized carbons (Fsp3) is 0.357. The Morgan fingerprint density at radius 1 is 1.21 bits per heavy atom. The molecule has 2 amide bonds. The van der Waals surface area contributed by atoms with E-state index < -0.39 is 37.5 Å². The SMILES string of the molecule is CNC(=O)COC(=O)CNC(=O)c1ccc(OC(F)F)c(OC)c1. The Hall–Kier alpha value is -2.91. The topological polar surface area (TPSA) is 103 Å². The van der Waals surface area contributed by atoms with Crippen molar-refractivity contribution >= 4 is 17.8 Å². The van der Waals surface area contributed by atoms with Crippen molar-refractivity contribution in [2.45, 2.75) is 6.61 Å². The minimum Gasteiger partial charge on any atom is -0.493 e. The number of benzene rings is 1. The molecule has 24 heavy (non-hydrogen) atoms. The van der Waals surface area contributed by atoms with Gasteiger partial charge < -0.3 is 24.8 Å². The van der Waals surface area contributed by atoms with Gasteiger partial charge in [0.25, 0.3) is 11.8 Å². The van der Waals surface area contributed by atoms with E-state index in [0.29, 0.717) is 0 Å². The molecule has 1 rings (SSSR count). The molecule has 0 aromatic heterocycles. The van der Waals surface area contributed by atoms with Crippen LogP contribution in [0.3, 0.4) is 0 Å². The van der Waals surface area contributed by atoms with Crippen LogP contribution in [-0.4, -0.2) is 51.7 Å². The molecule has 0 radical (unpaired) electrons. The van der Waals surface area contributed by atoms with Crippen molar-refractivity contribution in [2.75, 3.05) is 27.3 Å². The molecule has 0 aliphatic rings. The first kappa shape index (κ1) is 19.1. The first-order valence-electron chi connectivity index (χ1n) is 6.64. The van der Waals surface area contributed by atoms with Crippen LogP contribution < -0.4 is 20.1 Å². The molecule has 132 valence electrons. The number of likely N-dealkylation sites (N-methyl/N-ethyl adjacent to an activating group) is 1. The molecule has 0 bridgehead atoms. The summed E-state index contributed by atoms with van der Waals surface area (Å²) in [6, 6.07) is 3.55. The summed E-state index contributed by atoms with van der Waals surface area (Å²) in [5, 5.41) is 4.52. The van der Waals surface area contributed by atoms with E-state index in [4.69, 9.17) is 4.74 Å². The zero-order valence-corrected chi connectivity index (χ0v) is 12.9. The smallest absolute Gasteiger partial charge is 0.387 e. The van der Waals surface area contributed by atoms with E-state index in [1.54, 1.807) is 0 Å². The number of halogens is 2. The van der Waals surface area contributed by atoms with Gasteiger partial charge in [0.1, 0.15) is 6.54 Å². The minimum absolute atomic E-state index is 0.0626. The zero-order valence-electron chi connectivity index (χ0n) is 12.9. The van der Waals surface area contributed by atoms with Crippen molar-refractivity contribution in [3.63, 3.8) is 0 Å². The third kappa shape index (κ3) is 6.07. The van der Waals surface area contributed by atoms with Crippen LogP contribution in [0.15, 0.2) is 18.2 Å². The Balaban J connectivity index is 2.61. The number of methoxy groups -OCH3 is 1. The van der Waals surface area contributed by atoms with Gasteiger partial charge in [0.2, 0.25) is 0 Å². The van der Waals surface area contributed by atoms with E-state index in [0.717, 1.165) is 6.07 Å². The highest BCUT2D eigenvalue weighted by Gasteiger charge is 2.15. The normalized spacial score (nSPS) is 10.0. The van der Waals surface area contributed by atoms with Crippen molar-refractivity contribution in [3.8, 4) is 11.5 Å². The first-order chi connectivity index (χ1) is 11.4. The van der Waals surface area contributed by atoms with Gasteiger partial charge >= 0.3 is 12.6 Å². The van der Waals surface area contributed by atoms with E-state index in [1.807, 2.05) is 0 Å². The summed E-state index contributed by atoms with van der Waals surface area (Å²) in [6.45, 7) is -3.96. The van der Waals surface area contributed by atoms with Crippen LogP contribution in [0.1, 0.15) is 10.4 Å². The minimum atomic E-state index is -3.03. The number of hydrogen-bond acceptors (Lipinski definition) is 6. The molecular weight excluding hydrogens is 330 g/mol. The number of hydrogen-bond donors (Lipinski definition) is 2. The average molecular weight is 346 g/mol. The number of ether oxygens (including phenoxy) is 3. The molecule has 0 aliphatic heterocycles. The summed E-state index contributed by atoms with van der Waals surface area (Å²) < 4.78 is 38.1. The lowest BCUT2D eigenvalue weighted by Gasteiger charge is -2.11. The second-order valence-electron chi connectivity index (χ2n) is 4.26. The molecule has 0 saturated carbocycles. The molecule has 10 heteroatoms. The van der Waals surface area contributed by atoms with Crippen LogP contribution in [0.5, 0.6) is 11.5 Å². The molecule has 0 spiro atoms. The molecule has 0 unspecified atom stereocenters. The second kappa shape index (κ2) is 9.28. The van der Waals surface area contributed by atoms with Crippen LogP contribution in [0.2, 0.25) is 0 Å². The van der Waals surface area contributed by atoms with E-state index in [-0.39, 0.29) is 17.1 Å². The lowest BCUT2D eigenvalue weighted by molar-refractivity contribution is -0.147. The average Bonchev–Trinajstić information content (AvgIpc) is 2.57. The molecule has 0 heterocycles. The second-order valence-corrected chi connectivity index (χ2v) is 4.26. The summed E-state index contributed by atoms with van der Waals surface area (Å²) in [7, 11) is 2.61. The van der Waals surface area contributed by atoms with Gasteiger partial charge in [0, 0.05) is 12.6 Å². The van der Waals surface area contributed by atoms with Crippen LogP contribution in [0.4, 0.5) is 8.78 Å². The number of amides is 2. The van der Waals surface area contributed by atoms with Crippen molar-refractivity contribution in [2.24, 2.45) is 0 Å². The van der Waals surface area contributed by atoms with Crippen LogP contribution in [0.25, 0.3) is 0 Å². The Bertz CT molecular complexity index is 609. The van der Waals surface area contributed by atoms with E-state index in [2.05, 4.69) is 20.1 Å². The maximum atomic E-state index is 12.2. The Morgan fingerprint density at radius 3 is 2.50 bits per heavy atom. The third-order valence-electron chi connectivity index (χ3n) is 2.68. The monoisotopic (exact) mass is 346 g/mol. The fourth-order valence-electron chi connectivity index (χ4n) is 1.53. The van der Waals surface area contributed by atoms with Gasteiger partial charge in [0.05, 0.1) is 7.11 Å². The largest absolute Gasteiger partial charge is 0.493 e. The van der Waals surface area contributed by atoms with Crippen molar-refractivity contribution in [1.82, 2.24) is 10.6 Å². The van der Waals surface area contributed by atoms with Gasteiger partial charge in [-0.3, -0.25) is 14.4 Å². The number of carbonyl (C=O) groups excluding carboxylic acids is 3. The number of alkyl halides is 2. The first-order valence-corrected chi connectivity index (χ1v) is 6.64. The lowest BCUT2D eigenvalue weighted by Crippen LogP contribution is -2.33. The number of nitrogens with one attached hydrogen (secondary N) is 2. The molecule has 0 fully saturated rings. The standard InChI is InChI=1S/C14H16F2N2O6/c1-17-11(19)7-23-12(20)6-18-13(21)8-3-4-9(24-14(15)16)10(5-8)22-2/h3-5,14H,6-7H2,1-2H3,(H,17,19)(H,18,21). The number of rotatable bonds is 8. The summed E-state index contributed by atoms with van der Waals surface area (Å²) >= 11 is 0. The molecule has 0 aliphatic carbocycles. The highest BCUT2D eigenvalue weighted by molar-refractivity contribution is 5.96. The Morgan fingerprint density at radius 2 is 1.92 bits per heavy atom. The fourth-order valence-corrected chi connectivity index (χ4v) is 1.53. The molecule has 1 aromatic rings. The molecule has 2 N–H and O–H groups in total. The quantitative estimate of drug-likeness (QED) is 0.657. The van der Waals surface area contributed by atoms with Crippen molar-refractivity contribution in [3.05, 3.63) is 23.8 Å². The molecule has 8 nitrogen and oxygen atoms in total. The van der Waals surface area contributed by atoms with Gasteiger partial charge in [-0.25, -0.2) is 0 Å². The van der Waals surface area contributed by atoms with Crippen LogP contribution in [0, 0.1) is 0 Å². The van der Waals surface area contributed by atoms with Gasteiger partial charge in [0.15, 0.2) is 18.1 Å². The Kier molecular flexibility index (Phi) is 7.40. The summed E-state index contributed by atoms with van der Waals surface area (Å²) in [4.78, 5) is 34.2. The summed E-state index contributed by atoms with van der Waals surface area (Å²) in [6.07, 6.45) is 0. The van der Waals surface area contributed by atoms with Crippen LogP contribution in [-0.2, 0) is 14.3 Å². The third-order valence-corrected chi connectivity index (χ3v) is 2.68. The highest BCUT2D eigenvalue weighted by atomic mass is 19.3. The van der Waals surface area contributed by atoms with Gasteiger partial charge in [-0.05, 0) is 18.2 Å². The molecule has 0 atom stereocenters.